The third kappa shape index (κ3) is 2.86. The maximum atomic E-state index is 10.7. The van der Waals surface area contributed by atoms with Crippen LogP contribution in [0.5, 0.6) is 5.75 Å². The van der Waals surface area contributed by atoms with Gasteiger partial charge in [0, 0.05) is 25.3 Å². The van der Waals surface area contributed by atoms with Gasteiger partial charge in [0.25, 0.3) is 0 Å². The zero-order chi connectivity index (χ0) is 14.8. The van der Waals surface area contributed by atoms with Gasteiger partial charge in [-0.3, -0.25) is 0 Å². The Bertz CT molecular complexity index is 662. The molecular formula is C16H17NO4. The predicted molar refractivity (Wildman–Crippen MR) is 78.0 cm³/mol. The molecule has 0 saturated carbocycles. The molecule has 0 unspecified atom stereocenters. The number of benzene rings is 1. The summed E-state index contributed by atoms with van der Waals surface area (Å²) < 4.78 is 10.9. The van der Waals surface area contributed by atoms with E-state index < -0.39 is 5.97 Å². The molecule has 2 aromatic rings. The Morgan fingerprint density at radius 3 is 3.00 bits per heavy atom. The van der Waals surface area contributed by atoms with E-state index >= 15 is 0 Å². The number of aromatic carboxylic acids is 1. The summed E-state index contributed by atoms with van der Waals surface area (Å²) in [5, 5.41) is 8.80. The van der Waals surface area contributed by atoms with Crippen molar-refractivity contribution in [2.45, 2.75) is 19.4 Å². The van der Waals surface area contributed by atoms with Crippen LogP contribution in [0.2, 0.25) is 0 Å². The second-order valence-corrected chi connectivity index (χ2v) is 5.18. The van der Waals surface area contributed by atoms with Gasteiger partial charge in [0.2, 0.25) is 5.76 Å². The van der Waals surface area contributed by atoms with Crippen molar-refractivity contribution >= 4 is 11.7 Å². The fourth-order valence-electron chi connectivity index (χ4n) is 2.55. The minimum absolute atomic E-state index is 0.0706. The molecule has 0 atom stereocenters. The van der Waals surface area contributed by atoms with Gasteiger partial charge in [-0.2, -0.15) is 0 Å². The largest absolute Gasteiger partial charge is 0.486 e. The van der Waals surface area contributed by atoms with Crippen molar-refractivity contribution < 1.29 is 19.1 Å². The van der Waals surface area contributed by atoms with E-state index in [1.807, 2.05) is 12.1 Å². The van der Waals surface area contributed by atoms with Gasteiger partial charge in [0.1, 0.15) is 18.1 Å². The number of hydrogen-bond donors (Lipinski definition) is 1. The molecule has 0 amide bonds. The lowest BCUT2D eigenvalue weighted by molar-refractivity contribution is 0.0658. The van der Waals surface area contributed by atoms with Crippen LogP contribution < -0.4 is 9.64 Å². The quantitative estimate of drug-likeness (QED) is 0.936. The van der Waals surface area contributed by atoms with E-state index in [1.54, 1.807) is 6.07 Å². The number of rotatable bonds is 4. The molecule has 0 aliphatic carbocycles. The molecule has 1 N–H and O–H groups in total. The average molecular weight is 287 g/mol. The van der Waals surface area contributed by atoms with Gasteiger partial charge in [-0.25, -0.2) is 4.79 Å². The van der Waals surface area contributed by atoms with Crippen LogP contribution in [0.25, 0.3) is 0 Å². The van der Waals surface area contributed by atoms with Crippen molar-refractivity contribution in [1.29, 1.82) is 0 Å². The molecule has 110 valence electrons. The van der Waals surface area contributed by atoms with E-state index in [-0.39, 0.29) is 12.4 Å². The molecule has 21 heavy (non-hydrogen) atoms. The predicted octanol–water partition coefficient (Wildman–Crippen LogP) is 2.94. The Morgan fingerprint density at radius 1 is 1.38 bits per heavy atom. The molecule has 1 aliphatic heterocycles. The minimum Gasteiger partial charge on any atom is -0.486 e. The van der Waals surface area contributed by atoms with Crippen molar-refractivity contribution in [2.24, 2.45) is 0 Å². The monoisotopic (exact) mass is 287 g/mol. The van der Waals surface area contributed by atoms with Crippen LogP contribution in [0, 0.1) is 0 Å². The Balaban J connectivity index is 1.70. The Kier molecular flexibility index (Phi) is 3.56. The van der Waals surface area contributed by atoms with Crippen LogP contribution in [-0.4, -0.2) is 24.7 Å². The number of fused-ring (bicyclic) bond motifs is 1. The van der Waals surface area contributed by atoms with Gasteiger partial charge < -0.3 is 19.2 Å². The van der Waals surface area contributed by atoms with Crippen molar-refractivity contribution in [1.82, 2.24) is 0 Å². The van der Waals surface area contributed by atoms with Crippen LogP contribution in [-0.2, 0) is 13.0 Å². The SMILES string of the molecule is CN1CCCc2ccc(OCc3ccc(C(=O)O)o3)cc21. The highest BCUT2D eigenvalue weighted by Gasteiger charge is 2.14. The zero-order valence-corrected chi connectivity index (χ0v) is 11.8. The molecule has 1 aromatic heterocycles. The van der Waals surface area contributed by atoms with Crippen molar-refractivity contribution in [3.63, 3.8) is 0 Å². The molecule has 2 heterocycles. The standard InChI is InChI=1S/C16H17NO4/c1-17-8-2-3-11-4-5-12(9-14(11)17)20-10-13-6-7-15(21-13)16(18)19/h4-7,9H,2-3,8,10H2,1H3,(H,18,19). The van der Waals surface area contributed by atoms with E-state index in [4.69, 9.17) is 14.3 Å². The van der Waals surface area contributed by atoms with Crippen molar-refractivity contribution in [3.8, 4) is 5.75 Å². The summed E-state index contributed by atoms with van der Waals surface area (Å²) >= 11 is 0. The number of hydrogen-bond acceptors (Lipinski definition) is 4. The first kappa shape index (κ1) is 13.5. The number of carboxylic acid groups (broad SMARTS) is 1. The Morgan fingerprint density at radius 2 is 2.24 bits per heavy atom. The molecule has 0 spiro atoms. The van der Waals surface area contributed by atoms with E-state index in [9.17, 15) is 4.79 Å². The van der Waals surface area contributed by atoms with Gasteiger partial charge in [0.15, 0.2) is 0 Å². The maximum absolute atomic E-state index is 10.7. The maximum Gasteiger partial charge on any atom is 0.371 e. The number of aryl methyl sites for hydroxylation is 1. The molecule has 1 aromatic carbocycles. The molecule has 1 aliphatic rings. The fraction of sp³-hybridized carbons (Fsp3) is 0.312. The lowest BCUT2D eigenvalue weighted by atomic mass is 10.0. The molecule has 0 radical (unpaired) electrons. The highest BCUT2D eigenvalue weighted by Crippen LogP contribution is 2.30. The lowest BCUT2D eigenvalue weighted by Gasteiger charge is -2.27. The summed E-state index contributed by atoms with van der Waals surface area (Å²) in [5.41, 5.74) is 2.53. The van der Waals surface area contributed by atoms with Gasteiger partial charge in [0.05, 0.1) is 0 Å². The molecule has 0 bridgehead atoms. The number of nitrogens with zero attached hydrogens (tertiary/aromatic N) is 1. The summed E-state index contributed by atoms with van der Waals surface area (Å²) in [6, 6.07) is 9.11. The summed E-state index contributed by atoms with van der Waals surface area (Å²) in [7, 11) is 2.08. The number of furan rings is 1. The third-order valence-electron chi connectivity index (χ3n) is 3.66. The second kappa shape index (κ2) is 5.52. The van der Waals surface area contributed by atoms with Gasteiger partial charge >= 0.3 is 5.97 Å². The molecular weight excluding hydrogens is 270 g/mol. The molecule has 5 nitrogen and oxygen atoms in total. The Hall–Kier alpha value is -2.43. The first-order chi connectivity index (χ1) is 10.1. The second-order valence-electron chi connectivity index (χ2n) is 5.18. The number of carbonyl (C=O) groups is 1. The fourth-order valence-corrected chi connectivity index (χ4v) is 2.55. The van der Waals surface area contributed by atoms with E-state index in [2.05, 4.69) is 18.0 Å². The smallest absolute Gasteiger partial charge is 0.371 e. The van der Waals surface area contributed by atoms with Crippen molar-refractivity contribution in [3.05, 3.63) is 47.4 Å². The highest BCUT2D eigenvalue weighted by atomic mass is 16.5. The van der Waals surface area contributed by atoms with E-state index in [0.717, 1.165) is 18.7 Å². The van der Waals surface area contributed by atoms with Gasteiger partial charge in [-0.1, -0.05) is 6.07 Å². The highest BCUT2D eigenvalue weighted by molar-refractivity contribution is 5.84. The minimum atomic E-state index is -1.07. The normalized spacial score (nSPS) is 13.9. The number of carboxylic acids is 1. The van der Waals surface area contributed by atoms with Gasteiger partial charge in [-0.15, -0.1) is 0 Å². The molecule has 3 rings (SSSR count). The molecule has 5 heteroatoms. The van der Waals surface area contributed by atoms with Crippen LogP contribution in [0.3, 0.4) is 0 Å². The van der Waals surface area contributed by atoms with Gasteiger partial charge in [-0.05, 0) is 36.6 Å². The average Bonchev–Trinajstić information content (AvgIpc) is 2.95. The van der Waals surface area contributed by atoms with Crippen LogP contribution in [0.1, 0.15) is 28.3 Å². The van der Waals surface area contributed by atoms with Crippen LogP contribution in [0.4, 0.5) is 5.69 Å². The molecule has 0 fully saturated rings. The topological polar surface area (TPSA) is 62.9 Å². The van der Waals surface area contributed by atoms with E-state index in [1.165, 1.54) is 23.7 Å². The van der Waals surface area contributed by atoms with Crippen LogP contribution >= 0.6 is 0 Å². The summed E-state index contributed by atoms with van der Waals surface area (Å²) in [5.74, 6) is 0.115. The zero-order valence-electron chi connectivity index (χ0n) is 11.8. The Labute approximate surface area is 122 Å². The van der Waals surface area contributed by atoms with Crippen LogP contribution in [0.15, 0.2) is 34.7 Å². The summed E-state index contributed by atoms with van der Waals surface area (Å²) in [4.78, 5) is 13.0. The summed E-state index contributed by atoms with van der Waals surface area (Å²) in [6.45, 7) is 1.27. The molecule has 0 saturated heterocycles. The first-order valence-corrected chi connectivity index (χ1v) is 6.92. The third-order valence-corrected chi connectivity index (χ3v) is 3.66. The van der Waals surface area contributed by atoms with Crippen molar-refractivity contribution in [2.75, 3.05) is 18.5 Å². The van der Waals surface area contributed by atoms with E-state index in [0.29, 0.717) is 5.76 Å². The summed E-state index contributed by atoms with van der Waals surface area (Å²) in [6.07, 6.45) is 2.27. The number of ether oxygens (including phenoxy) is 1. The lowest BCUT2D eigenvalue weighted by Crippen LogP contribution is -2.24. The first-order valence-electron chi connectivity index (χ1n) is 6.92. The number of anilines is 1.